The lowest BCUT2D eigenvalue weighted by molar-refractivity contribution is 0.896. The molecule has 3 nitrogen and oxygen atoms in total. The molecule has 10 aromatic rings. The molecule has 0 radical (unpaired) electrons. The lowest BCUT2D eigenvalue weighted by Gasteiger charge is -2.13. The first kappa shape index (κ1) is 30.6. The van der Waals surface area contributed by atoms with Crippen molar-refractivity contribution < 1.29 is 0 Å². The van der Waals surface area contributed by atoms with Crippen molar-refractivity contribution in [3.05, 3.63) is 193 Å². The first-order valence-electron chi connectivity index (χ1n) is 18.8. The molecule has 0 atom stereocenters. The zero-order valence-electron chi connectivity index (χ0n) is 29.7. The number of rotatable bonds is 4. The minimum atomic E-state index is 0.976. The topological polar surface area (TPSA) is 22.8 Å². The van der Waals surface area contributed by atoms with Crippen LogP contribution in [-0.4, -0.2) is 14.1 Å². The van der Waals surface area contributed by atoms with Crippen LogP contribution in [0.15, 0.2) is 182 Å². The van der Waals surface area contributed by atoms with Crippen LogP contribution in [-0.2, 0) is 6.42 Å². The summed E-state index contributed by atoms with van der Waals surface area (Å²) in [5.41, 5.74) is 14.1. The van der Waals surface area contributed by atoms with Gasteiger partial charge in [0.15, 0.2) is 0 Å². The Hall–Kier alpha value is -6.97. The molecule has 54 heavy (non-hydrogen) atoms. The minimum Gasteiger partial charge on any atom is -0.313 e. The largest absolute Gasteiger partial charge is 0.313 e. The molecule has 0 bridgehead atoms. The van der Waals surface area contributed by atoms with Crippen LogP contribution < -0.4 is 0 Å². The van der Waals surface area contributed by atoms with Gasteiger partial charge in [0, 0.05) is 55.1 Å². The summed E-state index contributed by atoms with van der Waals surface area (Å²) in [5, 5.41) is 7.28. The number of para-hydroxylation sites is 4. The van der Waals surface area contributed by atoms with Crippen molar-refractivity contribution >= 4 is 60.5 Å². The molecule has 3 aromatic heterocycles. The van der Waals surface area contributed by atoms with E-state index in [1.165, 1.54) is 77.2 Å². The molecular weight excluding hydrogens is 655 g/mol. The highest BCUT2D eigenvalue weighted by atomic mass is 15.0. The lowest BCUT2D eigenvalue weighted by Crippen LogP contribution is -2.01. The Morgan fingerprint density at radius 3 is 1.85 bits per heavy atom. The minimum absolute atomic E-state index is 0.976. The standard InChI is InChI=1S/C51H35N3/c1-2-10-23-47-41(20-9-1)44-33-36(27-30-50(44)53(47)37-15-5-3-6-16-37)51-45-32-34(25-28-39(45)40-19-11-13-22-46(40)52-51)35-26-29-49-43(31-35)42-21-12-14-24-48(42)54(49)38-17-7-4-8-18-38/h1-9,11-22,24-33H,10,23H2. The van der Waals surface area contributed by atoms with Crippen molar-refractivity contribution in [1.82, 2.24) is 14.1 Å². The van der Waals surface area contributed by atoms with Crippen LogP contribution in [0.4, 0.5) is 0 Å². The monoisotopic (exact) mass is 689 g/mol. The summed E-state index contributed by atoms with van der Waals surface area (Å²) in [7, 11) is 0. The molecule has 0 unspecified atom stereocenters. The molecular formula is C51H35N3. The Bertz CT molecular complexity index is 3140. The average Bonchev–Trinajstić information content (AvgIpc) is 3.71. The molecule has 7 aromatic carbocycles. The van der Waals surface area contributed by atoms with Gasteiger partial charge in [-0.1, -0.05) is 121 Å². The number of hydrogen-bond acceptors (Lipinski definition) is 1. The van der Waals surface area contributed by atoms with E-state index in [0.717, 1.165) is 35.0 Å². The first-order chi connectivity index (χ1) is 26.8. The summed E-state index contributed by atoms with van der Waals surface area (Å²) in [6, 6.07) is 59.5. The van der Waals surface area contributed by atoms with Crippen molar-refractivity contribution in [3.63, 3.8) is 0 Å². The van der Waals surface area contributed by atoms with Gasteiger partial charge >= 0.3 is 0 Å². The zero-order chi connectivity index (χ0) is 35.6. The first-order valence-corrected chi connectivity index (χ1v) is 18.8. The van der Waals surface area contributed by atoms with Gasteiger partial charge in [0.2, 0.25) is 0 Å². The highest BCUT2D eigenvalue weighted by Crippen LogP contribution is 2.40. The number of aromatic nitrogens is 3. The Morgan fingerprint density at radius 1 is 0.426 bits per heavy atom. The fourth-order valence-electron chi connectivity index (χ4n) is 8.73. The van der Waals surface area contributed by atoms with E-state index < -0.39 is 0 Å². The molecule has 254 valence electrons. The maximum atomic E-state index is 5.41. The van der Waals surface area contributed by atoms with Crippen molar-refractivity contribution in [2.75, 3.05) is 0 Å². The van der Waals surface area contributed by atoms with E-state index in [4.69, 9.17) is 4.98 Å². The number of allylic oxidation sites excluding steroid dienone is 3. The van der Waals surface area contributed by atoms with E-state index in [1.807, 2.05) is 0 Å². The molecule has 0 saturated heterocycles. The molecule has 3 heterocycles. The van der Waals surface area contributed by atoms with E-state index in [9.17, 15) is 0 Å². The summed E-state index contributed by atoms with van der Waals surface area (Å²) in [6.45, 7) is 0. The maximum Gasteiger partial charge on any atom is 0.0788 e. The third-order valence-electron chi connectivity index (χ3n) is 11.2. The van der Waals surface area contributed by atoms with Crippen molar-refractivity contribution in [3.8, 4) is 33.8 Å². The molecule has 1 aliphatic rings. The Labute approximate surface area is 313 Å². The van der Waals surface area contributed by atoms with E-state index in [1.54, 1.807) is 0 Å². The Balaban J connectivity index is 1.13. The van der Waals surface area contributed by atoms with Crippen LogP contribution in [0.25, 0.3) is 94.2 Å². The molecule has 0 spiro atoms. The molecule has 3 heteroatoms. The average molecular weight is 690 g/mol. The second kappa shape index (κ2) is 12.3. The number of nitrogens with zero attached hydrogens (tertiary/aromatic N) is 3. The fraction of sp³-hybridized carbons (Fsp3) is 0.0392. The fourth-order valence-corrected chi connectivity index (χ4v) is 8.73. The molecule has 0 aliphatic heterocycles. The smallest absolute Gasteiger partial charge is 0.0788 e. The van der Waals surface area contributed by atoms with Crippen LogP contribution in [0.3, 0.4) is 0 Å². The van der Waals surface area contributed by atoms with Crippen molar-refractivity contribution in [2.24, 2.45) is 0 Å². The van der Waals surface area contributed by atoms with Gasteiger partial charge in [0.25, 0.3) is 0 Å². The molecule has 0 fully saturated rings. The Morgan fingerprint density at radius 2 is 1.04 bits per heavy atom. The van der Waals surface area contributed by atoms with Gasteiger partial charge in [-0.3, -0.25) is 0 Å². The lowest BCUT2D eigenvalue weighted by atomic mass is 9.94. The van der Waals surface area contributed by atoms with Crippen molar-refractivity contribution in [2.45, 2.75) is 12.8 Å². The van der Waals surface area contributed by atoms with E-state index in [0.29, 0.717) is 0 Å². The highest BCUT2D eigenvalue weighted by molar-refractivity contribution is 6.14. The van der Waals surface area contributed by atoms with Crippen LogP contribution in [0.5, 0.6) is 0 Å². The summed E-state index contributed by atoms with van der Waals surface area (Å²) in [5.74, 6) is 0. The molecule has 1 aliphatic carbocycles. The van der Waals surface area contributed by atoms with E-state index >= 15 is 0 Å². The molecule has 0 N–H and O–H groups in total. The third-order valence-corrected chi connectivity index (χ3v) is 11.2. The van der Waals surface area contributed by atoms with Gasteiger partial charge in [-0.05, 0) is 96.1 Å². The Kier molecular flexibility index (Phi) is 6.99. The summed E-state index contributed by atoms with van der Waals surface area (Å²) < 4.78 is 4.82. The number of pyridine rings is 1. The van der Waals surface area contributed by atoms with Crippen molar-refractivity contribution in [1.29, 1.82) is 0 Å². The quantitative estimate of drug-likeness (QED) is 0.169. The number of benzene rings is 7. The summed E-state index contributed by atoms with van der Waals surface area (Å²) >= 11 is 0. The van der Waals surface area contributed by atoms with Crippen LogP contribution >= 0.6 is 0 Å². The van der Waals surface area contributed by atoms with Gasteiger partial charge in [0.1, 0.15) is 0 Å². The maximum absolute atomic E-state index is 5.41. The molecule has 11 rings (SSSR count). The molecule has 0 amide bonds. The van der Waals surface area contributed by atoms with Gasteiger partial charge in [-0.15, -0.1) is 0 Å². The van der Waals surface area contributed by atoms with E-state index in [2.05, 4.69) is 197 Å². The van der Waals surface area contributed by atoms with E-state index in [-0.39, 0.29) is 0 Å². The number of fused-ring (bicyclic) bond motifs is 9. The van der Waals surface area contributed by atoms with Gasteiger partial charge < -0.3 is 9.13 Å². The molecule has 0 saturated carbocycles. The summed E-state index contributed by atoms with van der Waals surface area (Å²) in [4.78, 5) is 5.41. The van der Waals surface area contributed by atoms with Gasteiger partial charge in [0.05, 0.1) is 27.8 Å². The SMILES string of the molecule is C1=CCCc2c(c3cc(-c4nc5ccccc5c5ccc(-c6ccc7c(c6)c6ccccc6n7-c6ccccc6)cc45)ccc3n2-c2ccccc2)C=C1. The van der Waals surface area contributed by atoms with Crippen LogP contribution in [0.1, 0.15) is 17.7 Å². The third kappa shape index (κ3) is 4.79. The van der Waals surface area contributed by atoms with Gasteiger partial charge in [-0.2, -0.15) is 0 Å². The van der Waals surface area contributed by atoms with Gasteiger partial charge in [-0.25, -0.2) is 4.98 Å². The predicted octanol–water partition coefficient (Wildman–Crippen LogP) is 13.3. The highest BCUT2D eigenvalue weighted by Gasteiger charge is 2.20. The number of hydrogen-bond donors (Lipinski definition) is 0. The second-order valence-corrected chi connectivity index (χ2v) is 14.2. The summed E-state index contributed by atoms with van der Waals surface area (Å²) in [6.07, 6.45) is 10.9. The predicted molar refractivity (Wildman–Crippen MR) is 228 cm³/mol. The normalized spacial score (nSPS) is 12.9. The van der Waals surface area contributed by atoms with Crippen LogP contribution in [0.2, 0.25) is 0 Å². The van der Waals surface area contributed by atoms with Crippen LogP contribution in [0, 0.1) is 0 Å². The second-order valence-electron chi connectivity index (χ2n) is 14.2. The zero-order valence-corrected chi connectivity index (χ0v) is 29.7.